The van der Waals surface area contributed by atoms with Crippen LogP contribution in [-0.4, -0.2) is 51.6 Å². The highest BCUT2D eigenvalue weighted by Crippen LogP contribution is 2.38. The molecule has 1 fully saturated rings. The number of phenols is 2. The molecule has 1 amide bonds. The minimum atomic E-state index is -0.464. The van der Waals surface area contributed by atoms with Crippen LogP contribution in [0.3, 0.4) is 0 Å². The molecule has 0 radical (unpaired) electrons. The summed E-state index contributed by atoms with van der Waals surface area (Å²) < 4.78 is 0. The first-order valence-electron chi connectivity index (χ1n) is 8.04. The summed E-state index contributed by atoms with van der Waals surface area (Å²) in [7, 11) is 0. The first-order valence-corrected chi connectivity index (χ1v) is 8.04. The normalized spacial score (nSPS) is 19.8. The third kappa shape index (κ3) is 3.08. The van der Waals surface area contributed by atoms with E-state index in [1.54, 1.807) is 29.2 Å². The number of hydrogen-bond acceptors (Lipinski definition) is 5. The van der Waals surface area contributed by atoms with Crippen molar-refractivity contribution in [3.8, 4) is 11.5 Å². The van der Waals surface area contributed by atoms with Gasteiger partial charge in [-0.2, -0.15) is 0 Å². The van der Waals surface area contributed by atoms with Gasteiger partial charge in [0.25, 0.3) is 5.91 Å². The SMILES string of the molecule is O=Cc1c(O)cc(C2CCN(C(=O)c3ccccc3)[C@@H]2CO)cc1O. The van der Waals surface area contributed by atoms with Gasteiger partial charge < -0.3 is 20.2 Å². The molecule has 2 aromatic rings. The molecule has 3 rings (SSSR count). The molecule has 1 unspecified atom stereocenters. The van der Waals surface area contributed by atoms with Crippen LogP contribution in [0.2, 0.25) is 0 Å². The molecule has 0 aliphatic carbocycles. The highest BCUT2D eigenvalue weighted by atomic mass is 16.3. The van der Waals surface area contributed by atoms with E-state index in [0.29, 0.717) is 30.4 Å². The molecule has 6 nitrogen and oxygen atoms in total. The van der Waals surface area contributed by atoms with Crippen molar-refractivity contribution in [3.63, 3.8) is 0 Å². The molecular formula is C19H19NO5. The number of hydrogen-bond donors (Lipinski definition) is 3. The number of rotatable bonds is 4. The van der Waals surface area contributed by atoms with E-state index in [4.69, 9.17) is 0 Å². The van der Waals surface area contributed by atoms with Crippen LogP contribution in [0.4, 0.5) is 0 Å². The number of aliphatic hydroxyl groups is 1. The van der Waals surface area contributed by atoms with Gasteiger partial charge >= 0.3 is 0 Å². The lowest BCUT2D eigenvalue weighted by Gasteiger charge is -2.27. The van der Waals surface area contributed by atoms with E-state index < -0.39 is 6.04 Å². The van der Waals surface area contributed by atoms with Crippen LogP contribution in [0.25, 0.3) is 0 Å². The van der Waals surface area contributed by atoms with Gasteiger partial charge in [-0.25, -0.2) is 0 Å². The summed E-state index contributed by atoms with van der Waals surface area (Å²) in [6.07, 6.45) is 0.973. The van der Waals surface area contributed by atoms with Crippen molar-refractivity contribution in [1.82, 2.24) is 4.90 Å². The minimum Gasteiger partial charge on any atom is -0.507 e. The molecule has 3 N–H and O–H groups in total. The average Bonchev–Trinajstić information content (AvgIpc) is 3.05. The molecule has 0 saturated carbocycles. The number of aldehydes is 1. The van der Waals surface area contributed by atoms with Crippen molar-refractivity contribution in [3.05, 3.63) is 59.2 Å². The van der Waals surface area contributed by atoms with Crippen molar-refractivity contribution in [1.29, 1.82) is 0 Å². The first kappa shape index (κ1) is 17.0. The summed E-state index contributed by atoms with van der Waals surface area (Å²) in [6.45, 7) is 0.223. The molecule has 25 heavy (non-hydrogen) atoms. The number of aliphatic hydroxyl groups excluding tert-OH is 1. The largest absolute Gasteiger partial charge is 0.507 e. The lowest BCUT2D eigenvalue weighted by molar-refractivity contribution is 0.0665. The third-order valence-corrected chi connectivity index (χ3v) is 4.72. The Balaban J connectivity index is 1.90. The lowest BCUT2D eigenvalue weighted by atomic mass is 9.90. The number of nitrogens with zero attached hydrogens (tertiary/aromatic N) is 1. The molecule has 1 saturated heterocycles. The Kier molecular flexibility index (Phi) is 4.72. The Labute approximate surface area is 145 Å². The topological polar surface area (TPSA) is 98.1 Å². The van der Waals surface area contributed by atoms with Crippen molar-refractivity contribution in [2.75, 3.05) is 13.2 Å². The molecule has 0 spiro atoms. The summed E-state index contributed by atoms with van der Waals surface area (Å²) in [5, 5.41) is 29.6. The van der Waals surface area contributed by atoms with Crippen molar-refractivity contribution in [2.24, 2.45) is 0 Å². The van der Waals surface area contributed by atoms with Crippen LogP contribution in [0.15, 0.2) is 42.5 Å². The van der Waals surface area contributed by atoms with Gasteiger partial charge in [-0.05, 0) is 36.2 Å². The van der Waals surface area contributed by atoms with Gasteiger partial charge in [0.1, 0.15) is 11.5 Å². The molecule has 0 aromatic heterocycles. The zero-order chi connectivity index (χ0) is 18.0. The van der Waals surface area contributed by atoms with E-state index in [-0.39, 0.29) is 35.5 Å². The Morgan fingerprint density at radius 2 is 1.80 bits per heavy atom. The van der Waals surface area contributed by atoms with Crippen molar-refractivity contribution >= 4 is 12.2 Å². The maximum atomic E-state index is 12.7. The maximum absolute atomic E-state index is 12.7. The van der Waals surface area contributed by atoms with Gasteiger partial charge in [-0.3, -0.25) is 9.59 Å². The molecule has 1 aliphatic rings. The van der Waals surface area contributed by atoms with Gasteiger partial charge in [-0.15, -0.1) is 0 Å². The number of carbonyl (C=O) groups excluding carboxylic acids is 2. The predicted octanol–water partition coefficient (Wildman–Crippen LogP) is 1.90. The van der Waals surface area contributed by atoms with Crippen LogP contribution in [0.1, 0.15) is 38.6 Å². The van der Waals surface area contributed by atoms with Crippen LogP contribution < -0.4 is 0 Å². The van der Waals surface area contributed by atoms with Crippen LogP contribution in [-0.2, 0) is 0 Å². The summed E-state index contributed by atoms with van der Waals surface area (Å²) in [5.74, 6) is -1.03. The third-order valence-electron chi connectivity index (χ3n) is 4.72. The Bertz CT molecular complexity index is 767. The fourth-order valence-corrected chi connectivity index (χ4v) is 3.45. The van der Waals surface area contributed by atoms with Crippen LogP contribution in [0.5, 0.6) is 11.5 Å². The molecule has 1 heterocycles. The maximum Gasteiger partial charge on any atom is 0.254 e. The zero-order valence-electron chi connectivity index (χ0n) is 13.5. The first-order chi connectivity index (χ1) is 12.1. The number of amides is 1. The summed E-state index contributed by atoms with van der Waals surface area (Å²) in [5.41, 5.74) is 0.964. The second-order valence-corrected chi connectivity index (χ2v) is 6.10. The standard InChI is InChI=1S/C19H19NO5/c21-10-15-17(23)8-13(9-18(15)24)14-6-7-20(16(14)11-22)19(25)12-4-2-1-3-5-12/h1-5,8-10,14,16,22-24H,6-7,11H2/t14?,16-/m1/s1. The highest BCUT2D eigenvalue weighted by Gasteiger charge is 2.38. The second kappa shape index (κ2) is 6.94. The molecule has 0 bridgehead atoms. The second-order valence-electron chi connectivity index (χ2n) is 6.10. The van der Waals surface area contributed by atoms with E-state index >= 15 is 0 Å². The summed E-state index contributed by atoms with van der Waals surface area (Å²) in [6, 6.07) is 11.2. The van der Waals surface area contributed by atoms with E-state index in [9.17, 15) is 24.9 Å². The number of phenolic OH excluding ortho intramolecular Hbond substituents is 2. The van der Waals surface area contributed by atoms with Gasteiger partial charge in [0.2, 0.25) is 0 Å². The van der Waals surface area contributed by atoms with Gasteiger partial charge in [0.15, 0.2) is 6.29 Å². The fourth-order valence-electron chi connectivity index (χ4n) is 3.45. The van der Waals surface area contributed by atoms with Gasteiger partial charge in [0, 0.05) is 18.0 Å². The minimum absolute atomic E-state index is 0.167. The molecular weight excluding hydrogens is 322 g/mol. The molecule has 1 aliphatic heterocycles. The highest BCUT2D eigenvalue weighted by molar-refractivity contribution is 5.94. The van der Waals surface area contributed by atoms with Crippen molar-refractivity contribution < 1.29 is 24.9 Å². The Morgan fingerprint density at radius 3 is 2.36 bits per heavy atom. The van der Waals surface area contributed by atoms with E-state index in [0.717, 1.165) is 0 Å². The van der Waals surface area contributed by atoms with Gasteiger partial charge in [-0.1, -0.05) is 18.2 Å². The fraction of sp³-hybridized carbons (Fsp3) is 0.263. The average molecular weight is 341 g/mol. The smallest absolute Gasteiger partial charge is 0.254 e. The number of benzene rings is 2. The lowest BCUT2D eigenvalue weighted by Crippen LogP contribution is -2.39. The zero-order valence-corrected chi connectivity index (χ0v) is 13.5. The summed E-state index contributed by atoms with van der Waals surface area (Å²) >= 11 is 0. The molecule has 130 valence electrons. The Hall–Kier alpha value is -2.86. The molecule has 2 atom stereocenters. The van der Waals surface area contributed by atoms with E-state index in [2.05, 4.69) is 0 Å². The number of likely N-dealkylation sites (tertiary alicyclic amines) is 1. The monoisotopic (exact) mass is 341 g/mol. The Morgan fingerprint density at radius 1 is 1.16 bits per heavy atom. The molecule has 2 aromatic carbocycles. The predicted molar refractivity (Wildman–Crippen MR) is 90.9 cm³/mol. The van der Waals surface area contributed by atoms with E-state index in [1.165, 1.54) is 12.1 Å². The van der Waals surface area contributed by atoms with Crippen LogP contribution >= 0.6 is 0 Å². The van der Waals surface area contributed by atoms with E-state index in [1.807, 2.05) is 6.07 Å². The number of aromatic hydroxyl groups is 2. The molecule has 6 heteroatoms. The van der Waals surface area contributed by atoms with Crippen molar-refractivity contribution in [2.45, 2.75) is 18.4 Å². The summed E-state index contributed by atoms with van der Waals surface area (Å²) in [4.78, 5) is 25.2. The quantitative estimate of drug-likeness (QED) is 0.738. The van der Waals surface area contributed by atoms with Crippen LogP contribution in [0, 0.1) is 0 Å². The van der Waals surface area contributed by atoms with Gasteiger partial charge in [0.05, 0.1) is 18.2 Å². The number of carbonyl (C=O) groups is 2.